The maximum Gasteiger partial charge on any atom is 0.335 e. The molecular weight excluding hydrogens is 329 g/mol. The van der Waals surface area contributed by atoms with Crippen LogP contribution in [0.1, 0.15) is 35.7 Å². The van der Waals surface area contributed by atoms with Crippen LogP contribution in [0.5, 0.6) is 0 Å². The number of ether oxygens (including phenoxy) is 1. The zero-order chi connectivity index (χ0) is 17.6. The molecule has 1 unspecified atom stereocenters. The van der Waals surface area contributed by atoms with Crippen molar-refractivity contribution < 1.29 is 24.1 Å². The molecule has 0 amide bonds. The molecule has 0 bridgehead atoms. The number of nitrogens with one attached hydrogen (secondary N) is 1. The maximum absolute atomic E-state index is 12.1. The number of hydrogen-bond acceptors (Lipinski definition) is 4. The molecule has 1 aromatic rings. The lowest BCUT2D eigenvalue weighted by Crippen LogP contribution is -2.48. The number of carboxylic acids is 1. The number of carbonyl (C=O) groups is 1. The highest BCUT2D eigenvalue weighted by Gasteiger charge is 2.28. The third-order valence-electron chi connectivity index (χ3n) is 4.17. The van der Waals surface area contributed by atoms with Gasteiger partial charge >= 0.3 is 5.97 Å². The van der Waals surface area contributed by atoms with Crippen LogP contribution >= 0.6 is 7.37 Å². The number of morpholine rings is 1. The molecule has 0 aromatic heterocycles. The molecule has 0 spiro atoms. The molecule has 1 aromatic carbocycles. The van der Waals surface area contributed by atoms with Crippen LogP contribution in [-0.2, 0) is 15.7 Å². The quantitative estimate of drug-likeness (QED) is 0.620. The number of aromatic carboxylic acids is 1. The van der Waals surface area contributed by atoms with Crippen LogP contribution in [0.4, 0.5) is 0 Å². The molecule has 1 aliphatic rings. The second-order valence-electron chi connectivity index (χ2n) is 6.38. The molecule has 0 aliphatic carbocycles. The molecule has 1 aliphatic heterocycles. The molecule has 6 nitrogen and oxygen atoms in total. The number of rotatable bonds is 8. The van der Waals surface area contributed by atoms with Gasteiger partial charge in [-0.1, -0.05) is 25.5 Å². The molecule has 7 heteroatoms. The first-order valence-electron chi connectivity index (χ1n) is 8.37. The molecular formula is C17H26NO5P. The Kier molecular flexibility index (Phi) is 6.99. The molecule has 1 fully saturated rings. The SMILES string of the molecule is CCCCP(=O)(O)C[C@H]1CN[C@H](Cc2cccc(C(=O)O)c2)CO1. The lowest BCUT2D eigenvalue weighted by molar-refractivity contribution is 0.0163. The highest BCUT2D eigenvalue weighted by molar-refractivity contribution is 7.58. The number of hydrogen-bond donors (Lipinski definition) is 3. The lowest BCUT2D eigenvalue weighted by Gasteiger charge is -2.31. The van der Waals surface area contributed by atoms with Gasteiger partial charge in [-0.25, -0.2) is 4.79 Å². The van der Waals surface area contributed by atoms with E-state index in [-0.39, 0.29) is 23.9 Å². The van der Waals surface area contributed by atoms with Crippen LogP contribution in [0.15, 0.2) is 24.3 Å². The van der Waals surface area contributed by atoms with Gasteiger partial charge in [-0.3, -0.25) is 4.57 Å². The van der Waals surface area contributed by atoms with E-state index in [9.17, 15) is 14.3 Å². The Morgan fingerprint density at radius 2 is 2.25 bits per heavy atom. The summed E-state index contributed by atoms with van der Waals surface area (Å²) in [5.41, 5.74) is 1.21. The number of carboxylic acid groups (broad SMARTS) is 1. The predicted molar refractivity (Wildman–Crippen MR) is 93.1 cm³/mol. The van der Waals surface area contributed by atoms with Gasteiger partial charge in [-0.2, -0.15) is 0 Å². The van der Waals surface area contributed by atoms with E-state index in [0.29, 0.717) is 25.7 Å². The highest BCUT2D eigenvalue weighted by atomic mass is 31.2. The van der Waals surface area contributed by atoms with Crippen molar-refractivity contribution >= 4 is 13.3 Å². The van der Waals surface area contributed by atoms with Crippen molar-refractivity contribution in [1.82, 2.24) is 5.32 Å². The molecule has 0 radical (unpaired) electrons. The van der Waals surface area contributed by atoms with Gasteiger partial charge in [-0.05, 0) is 30.5 Å². The van der Waals surface area contributed by atoms with E-state index >= 15 is 0 Å². The Hall–Kier alpha value is -1.20. The summed E-state index contributed by atoms with van der Waals surface area (Å²) in [5, 5.41) is 12.4. The first-order chi connectivity index (χ1) is 11.4. The summed E-state index contributed by atoms with van der Waals surface area (Å²) in [7, 11) is -3.11. The van der Waals surface area contributed by atoms with E-state index in [1.54, 1.807) is 18.2 Å². The third-order valence-corrected chi connectivity index (χ3v) is 6.17. The van der Waals surface area contributed by atoms with Crippen molar-refractivity contribution in [3.63, 3.8) is 0 Å². The average Bonchev–Trinajstić information content (AvgIpc) is 2.55. The Bertz CT molecular complexity index is 598. The summed E-state index contributed by atoms with van der Waals surface area (Å²) in [6, 6.07) is 6.96. The van der Waals surface area contributed by atoms with Crippen molar-refractivity contribution in [3.8, 4) is 0 Å². The fraction of sp³-hybridized carbons (Fsp3) is 0.588. The smallest absolute Gasteiger partial charge is 0.335 e. The van der Waals surface area contributed by atoms with Crippen molar-refractivity contribution in [3.05, 3.63) is 35.4 Å². The van der Waals surface area contributed by atoms with E-state index in [2.05, 4.69) is 5.32 Å². The van der Waals surface area contributed by atoms with E-state index in [1.807, 2.05) is 13.0 Å². The van der Waals surface area contributed by atoms with Crippen LogP contribution in [0, 0.1) is 0 Å². The fourth-order valence-corrected chi connectivity index (χ4v) is 4.71. The van der Waals surface area contributed by atoms with Gasteiger partial charge in [0.25, 0.3) is 0 Å². The molecule has 1 heterocycles. The average molecular weight is 355 g/mol. The van der Waals surface area contributed by atoms with Gasteiger partial charge in [-0.15, -0.1) is 0 Å². The second-order valence-corrected chi connectivity index (χ2v) is 8.88. The predicted octanol–water partition coefficient (Wildman–Crippen LogP) is 2.35. The van der Waals surface area contributed by atoms with Crippen LogP contribution < -0.4 is 5.32 Å². The van der Waals surface area contributed by atoms with Crippen LogP contribution in [0.25, 0.3) is 0 Å². The van der Waals surface area contributed by atoms with Crippen molar-refractivity contribution in [2.24, 2.45) is 0 Å². The first-order valence-corrected chi connectivity index (χ1v) is 10.4. The molecule has 0 saturated carbocycles. The van der Waals surface area contributed by atoms with Crippen LogP contribution in [0.3, 0.4) is 0 Å². The lowest BCUT2D eigenvalue weighted by atomic mass is 10.0. The van der Waals surface area contributed by atoms with Crippen molar-refractivity contribution in [2.45, 2.75) is 38.3 Å². The summed E-state index contributed by atoms with van der Waals surface area (Å²) >= 11 is 0. The molecule has 3 N–H and O–H groups in total. The first kappa shape index (κ1) is 19.1. The Balaban J connectivity index is 1.81. The minimum atomic E-state index is -3.11. The summed E-state index contributed by atoms with van der Waals surface area (Å²) in [6.45, 7) is 3.00. The Labute approximate surface area is 142 Å². The minimum Gasteiger partial charge on any atom is -0.478 e. The summed E-state index contributed by atoms with van der Waals surface area (Å²) in [6.07, 6.45) is 2.65. The summed E-state index contributed by atoms with van der Waals surface area (Å²) in [5.74, 6) is -0.935. The van der Waals surface area contributed by atoms with Gasteiger partial charge < -0.3 is 20.1 Å². The maximum atomic E-state index is 12.1. The van der Waals surface area contributed by atoms with Crippen LogP contribution in [0.2, 0.25) is 0 Å². The second kappa shape index (κ2) is 8.77. The molecule has 2 rings (SSSR count). The van der Waals surface area contributed by atoms with Crippen LogP contribution in [-0.4, -0.2) is 53.6 Å². The number of unbranched alkanes of at least 4 members (excludes halogenated alkanes) is 1. The monoisotopic (exact) mass is 355 g/mol. The van der Waals surface area contributed by atoms with Gasteiger partial charge in [0.2, 0.25) is 7.37 Å². The minimum absolute atomic E-state index is 0.0824. The number of benzene rings is 1. The van der Waals surface area contributed by atoms with E-state index in [0.717, 1.165) is 18.4 Å². The molecule has 134 valence electrons. The fourth-order valence-electron chi connectivity index (χ4n) is 2.85. The van der Waals surface area contributed by atoms with Gasteiger partial charge in [0.1, 0.15) is 0 Å². The van der Waals surface area contributed by atoms with Gasteiger partial charge in [0, 0.05) is 18.7 Å². The largest absolute Gasteiger partial charge is 0.478 e. The van der Waals surface area contributed by atoms with Gasteiger partial charge in [0.05, 0.1) is 24.4 Å². The zero-order valence-electron chi connectivity index (χ0n) is 14.0. The normalized spacial score (nSPS) is 23.6. The van der Waals surface area contributed by atoms with Crippen molar-refractivity contribution in [2.75, 3.05) is 25.5 Å². The van der Waals surface area contributed by atoms with E-state index in [4.69, 9.17) is 9.84 Å². The highest BCUT2D eigenvalue weighted by Crippen LogP contribution is 2.42. The standard InChI is InChI=1S/C17H26NO5P/c1-2-3-7-24(21,22)12-16-10-18-15(11-23-16)9-13-5-4-6-14(8-13)17(19)20/h4-6,8,15-16,18H,2-3,7,9-12H2,1H3,(H,19,20)(H,21,22)/t15-,16-/m1/s1. The summed E-state index contributed by atoms with van der Waals surface area (Å²) < 4.78 is 17.9. The molecule has 24 heavy (non-hydrogen) atoms. The Morgan fingerprint density at radius 1 is 1.46 bits per heavy atom. The third kappa shape index (κ3) is 6.02. The van der Waals surface area contributed by atoms with E-state index in [1.165, 1.54) is 0 Å². The van der Waals surface area contributed by atoms with Gasteiger partial charge in [0.15, 0.2) is 0 Å². The van der Waals surface area contributed by atoms with Crippen molar-refractivity contribution in [1.29, 1.82) is 0 Å². The summed E-state index contributed by atoms with van der Waals surface area (Å²) in [4.78, 5) is 21.0. The molecule has 3 atom stereocenters. The molecule has 1 saturated heterocycles. The Morgan fingerprint density at radius 3 is 2.88 bits per heavy atom. The van der Waals surface area contributed by atoms with E-state index < -0.39 is 13.3 Å². The topological polar surface area (TPSA) is 95.9 Å². The zero-order valence-corrected chi connectivity index (χ0v) is 14.9.